The van der Waals surface area contributed by atoms with E-state index in [1.54, 1.807) is 0 Å². The minimum Gasteiger partial charge on any atom is -0.379 e. The fraction of sp³-hybridized carbons (Fsp3) is 0.889. The molecular weight excluding hydrogens is 304 g/mol. The molecule has 0 aromatic carbocycles. The van der Waals surface area contributed by atoms with E-state index in [1.165, 1.54) is 32.2 Å². The molecule has 0 radical (unpaired) electrons. The Morgan fingerprint density at radius 1 is 1.12 bits per heavy atom. The highest BCUT2D eigenvalue weighted by atomic mass is 16.5. The Balaban J connectivity index is 1.54. The van der Waals surface area contributed by atoms with Gasteiger partial charge in [-0.2, -0.15) is 4.98 Å². The molecule has 6 nitrogen and oxygen atoms in total. The zero-order chi connectivity index (χ0) is 17.0. The maximum atomic E-state index is 5.45. The Bertz CT molecular complexity index is 505. The third-order valence-corrected chi connectivity index (χ3v) is 5.09. The lowest BCUT2D eigenvalue weighted by Crippen LogP contribution is -2.43. The highest BCUT2D eigenvalue weighted by Crippen LogP contribution is 2.24. The van der Waals surface area contributed by atoms with Crippen LogP contribution in [0.2, 0.25) is 0 Å². The number of nitrogens with zero attached hydrogens (tertiary/aromatic N) is 4. The van der Waals surface area contributed by atoms with E-state index < -0.39 is 0 Å². The van der Waals surface area contributed by atoms with Gasteiger partial charge >= 0.3 is 0 Å². The summed E-state index contributed by atoms with van der Waals surface area (Å²) in [6, 6.07) is 0.637. The number of morpholine rings is 1. The van der Waals surface area contributed by atoms with Crippen LogP contribution in [0, 0.1) is 0 Å². The predicted octanol–water partition coefficient (Wildman–Crippen LogP) is 2.44. The van der Waals surface area contributed by atoms with E-state index in [0.717, 1.165) is 51.1 Å². The van der Waals surface area contributed by atoms with Gasteiger partial charge in [0, 0.05) is 24.5 Å². The Labute approximate surface area is 145 Å². The Morgan fingerprint density at radius 2 is 1.92 bits per heavy atom. The average Bonchev–Trinajstić information content (AvgIpc) is 3.04. The number of aromatic nitrogens is 2. The summed E-state index contributed by atoms with van der Waals surface area (Å²) in [7, 11) is 0. The van der Waals surface area contributed by atoms with Crippen LogP contribution in [0.4, 0.5) is 0 Å². The van der Waals surface area contributed by atoms with E-state index >= 15 is 0 Å². The van der Waals surface area contributed by atoms with E-state index in [2.05, 4.69) is 40.7 Å². The molecule has 3 rings (SSSR count). The molecule has 0 unspecified atom stereocenters. The summed E-state index contributed by atoms with van der Waals surface area (Å²) < 4.78 is 10.9. The van der Waals surface area contributed by atoms with Gasteiger partial charge in [-0.05, 0) is 32.4 Å². The maximum absolute atomic E-state index is 5.45. The minimum absolute atomic E-state index is 0.0805. The van der Waals surface area contributed by atoms with Crippen molar-refractivity contribution < 1.29 is 9.26 Å². The largest absolute Gasteiger partial charge is 0.379 e. The summed E-state index contributed by atoms with van der Waals surface area (Å²) in [5, 5.41) is 4.21. The summed E-state index contributed by atoms with van der Waals surface area (Å²) in [6.45, 7) is 13.4. The van der Waals surface area contributed by atoms with E-state index in [9.17, 15) is 0 Å². The van der Waals surface area contributed by atoms with Gasteiger partial charge in [-0.25, -0.2) is 0 Å². The van der Waals surface area contributed by atoms with Gasteiger partial charge in [0.05, 0.1) is 19.8 Å². The second-order valence-electron chi connectivity index (χ2n) is 8.13. The second-order valence-corrected chi connectivity index (χ2v) is 8.13. The van der Waals surface area contributed by atoms with E-state index in [-0.39, 0.29) is 5.41 Å². The van der Waals surface area contributed by atoms with E-state index in [1.807, 2.05) is 0 Å². The Morgan fingerprint density at radius 3 is 2.62 bits per heavy atom. The second kappa shape index (κ2) is 7.93. The lowest BCUT2D eigenvalue weighted by molar-refractivity contribution is 0.0300. The van der Waals surface area contributed by atoms with Crippen LogP contribution < -0.4 is 0 Å². The molecule has 0 aliphatic carbocycles. The molecule has 6 heteroatoms. The van der Waals surface area contributed by atoms with Gasteiger partial charge in [-0.3, -0.25) is 9.80 Å². The Kier molecular flexibility index (Phi) is 5.89. The molecule has 1 aromatic rings. The van der Waals surface area contributed by atoms with Gasteiger partial charge in [0.2, 0.25) is 5.89 Å². The summed E-state index contributed by atoms with van der Waals surface area (Å²) in [6.07, 6.45) is 5.13. The first-order chi connectivity index (χ1) is 11.5. The van der Waals surface area contributed by atoms with Gasteiger partial charge in [0.15, 0.2) is 5.82 Å². The number of ether oxygens (including phenoxy) is 1. The Hall–Kier alpha value is -0.980. The number of rotatable bonds is 5. The summed E-state index contributed by atoms with van der Waals surface area (Å²) >= 11 is 0. The van der Waals surface area contributed by atoms with Crippen molar-refractivity contribution in [1.82, 2.24) is 19.9 Å². The first kappa shape index (κ1) is 17.8. The molecule has 1 aromatic heterocycles. The van der Waals surface area contributed by atoms with Crippen molar-refractivity contribution in [3.63, 3.8) is 0 Å². The highest BCUT2D eigenvalue weighted by molar-refractivity contribution is 4.98. The molecular formula is C18H32N4O2. The fourth-order valence-electron chi connectivity index (χ4n) is 3.56. The molecule has 0 bridgehead atoms. The molecule has 2 aliphatic rings. The summed E-state index contributed by atoms with van der Waals surface area (Å²) in [5.74, 6) is 1.57. The van der Waals surface area contributed by atoms with Gasteiger partial charge < -0.3 is 9.26 Å². The zero-order valence-corrected chi connectivity index (χ0v) is 15.5. The third-order valence-electron chi connectivity index (χ3n) is 5.09. The molecule has 0 saturated carbocycles. The molecule has 2 saturated heterocycles. The van der Waals surface area contributed by atoms with Gasteiger partial charge in [0.1, 0.15) is 0 Å². The molecule has 136 valence electrons. The molecule has 2 fully saturated rings. The number of hydrogen-bond donors (Lipinski definition) is 0. The maximum Gasteiger partial charge on any atom is 0.232 e. The smallest absolute Gasteiger partial charge is 0.232 e. The van der Waals surface area contributed by atoms with Gasteiger partial charge in [-0.1, -0.05) is 32.3 Å². The molecule has 24 heavy (non-hydrogen) atoms. The number of likely N-dealkylation sites (tertiary alicyclic amines) is 1. The van der Waals surface area contributed by atoms with Crippen LogP contribution in [0.3, 0.4) is 0 Å². The van der Waals surface area contributed by atoms with E-state index in [4.69, 9.17) is 9.26 Å². The summed E-state index contributed by atoms with van der Waals surface area (Å²) in [5.41, 5.74) is -0.0805. The minimum atomic E-state index is -0.0805. The molecule has 3 heterocycles. The van der Waals surface area contributed by atoms with Crippen molar-refractivity contribution in [2.45, 2.75) is 64.5 Å². The molecule has 1 atom stereocenters. The third kappa shape index (κ3) is 4.77. The summed E-state index contributed by atoms with van der Waals surface area (Å²) in [4.78, 5) is 9.70. The standard InChI is InChI=1S/C18H32N4O2/c1-18(2,3)17-19-16(20-24-17)14-22-8-5-4-6-15(22)7-9-21-10-12-23-13-11-21/h15H,4-14H2,1-3H3/t15-/m1/s1. The van der Waals surface area contributed by atoms with Crippen LogP contribution in [0.25, 0.3) is 0 Å². The molecule has 2 aliphatic heterocycles. The van der Waals surface area contributed by atoms with Crippen molar-refractivity contribution in [2.75, 3.05) is 39.4 Å². The van der Waals surface area contributed by atoms with Gasteiger partial charge in [-0.15, -0.1) is 0 Å². The van der Waals surface area contributed by atoms with Crippen molar-refractivity contribution in [3.8, 4) is 0 Å². The van der Waals surface area contributed by atoms with Crippen LogP contribution >= 0.6 is 0 Å². The average molecular weight is 336 g/mol. The number of piperidine rings is 1. The van der Waals surface area contributed by atoms with Crippen molar-refractivity contribution in [2.24, 2.45) is 0 Å². The van der Waals surface area contributed by atoms with Crippen LogP contribution in [-0.2, 0) is 16.7 Å². The number of hydrogen-bond acceptors (Lipinski definition) is 6. The van der Waals surface area contributed by atoms with Crippen LogP contribution in [0.5, 0.6) is 0 Å². The lowest BCUT2D eigenvalue weighted by Gasteiger charge is -2.36. The normalized spacial score (nSPS) is 24.4. The lowest BCUT2D eigenvalue weighted by atomic mass is 9.97. The first-order valence-electron chi connectivity index (χ1n) is 9.39. The highest BCUT2D eigenvalue weighted by Gasteiger charge is 2.27. The predicted molar refractivity (Wildman–Crippen MR) is 92.9 cm³/mol. The fourth-order valence-corrected chi connectivity index (χ4v) is 3.56. The SMILES string of the molecule is CC(C)(C)c1nc(CN2CCCC[C@@H]2CCN2CCOCC2)no1. The quantitative estimate of drug-likeness (QED) is 0.823. The van der Waals surface area contributed by atoms with Crippen molar-refractivity contribution in [1.29, 1.82) is 0 Å². The molecule has 0 N–H and O–H groups in total. The topological polar surface area (TPSA) is 54.6 Å². The van der Waals surface area contributed by atoms with Crippen LogP contribution in [0.1, 0.15) is 58.2 Å². The van der Waals surface area contributed by atoms with E-state index in [0.29, 0.717) is 6.04 Å². The van der Waals surface area contributed by atoms with Crippen LogP contribution in [-0.4, -0.2) is 65.4 Å². The monoisotopic (exact) mass is 336 g/mol. The van der Waals surface area contributed by atoms with Crippen molar-refractivity contribution in [3.05, 3.63) is 11.7 Å². The van der Waals surface area contributed by atoms with Crippen molar-refractivity contribution >= 4 is 0 Å². The van der Waals surface area contributed by atoms with Gasteiger partial charge in [0.25, 0.3) is 0 Å². The zero-order valence-electron chi connectivity index (χ0n) is 15.5. The molecule has 0 spiro atoms. The molecule has 0 amide bonds. The van der Waals surface area contributed by atoms with Crippen LogP contribution in [0.15, 0.2) is 4.52 Å². The first-order valence-corrected chi connectivity index (χ1v) is 9.39.